The van der Waals surface area contributed by atoms with Crippen LogP contribution in [0.1, 0.15) is 18.1 Å². The Bertz CT molecular complexity index is 314. The molecule has 0 aliphatic rings. The second-order valence-electron chi connectivity index (χ2n) is 3.68. The van der Waals surface area contributed by atoms with E-state index in [4.69, 9.17) is 5.11 Å². The molecule has 0 atom stereocenters. The number of likely N-dealkylation sites (N-methyl/N-ethyl adjacent to an activating group) is 1. The van der Waals surface area contributed by atoms with Crippen molar-refractivity contribution in [3.63, 3.8) is 0 Å². The maximum atomic E-state index is 8.90. The molecule has 84 valence electrons. The monoisotopic (exact) mass is 271 g/mol. The first kappa shape index (κ1) is 12.7. The quantitative estimate of drug-likeness (QED) is 0.890. The zero-order valence-corrected chi connectivity index (χ0v) is 10.9. The van der Waals surface area contributed by atoms with Crippen molar-refractivity contribution in [2.75, 3.05) is 19.7 Å². The van der Waals surface area contributed by atoms with Crippen LogP contribution in [0.5, 0.6) is 0 Å². The maximum Gasteiger partial charge on any atom is 0.0558 e. The topological polar surface area (TPSA) is 23.5 Å². The normalized spacial score (nSPS) is 11.0. The third-order valence-electron chi connectivity index (χ3n) is 2.49. The Labute approximate surface area is 100 Å². The Balaban J connectivity index is 2.66. The molecule has 1 aromatic rings. The Kier molecular flexibility index (Phi) is 5.29. The van der Waals surface area contributed by atoms with Crippen LogP contribution in [0.15, 0.2) is 22.7 Å². The molecule has 0 aromatic heterocycles. The fourth-order valence-corrected chi connectivity index (χ4v) is 1.80. The molecular weight excluding hydrogens is 254 g/mol. The van der Waals surface area contributed by atoms with Crippen LogP contribution in [0, 0.1) is 6.92 Å². The minimum absolute atomic E-state index is 0.226. The first-order valence-electron chi connectivity index (χ1n) is 5.25. The summed E-state index contributed by atoms with van der Waals surface area (Å²) in [6, 6.07) is 6.39. The SMILES string of the molecule is CCN(CCO)Cc1ccc(Br)c(C)c1. The van der Waals surface area contributed by atoms with E-state index >= 15 is 0 Å². The molecule has 0 saturated heterocycles. The van der Waals surface area contributed by atoms with Crippen LogP contribution in [-0.4, -0.2) is 29.7 Å². The Morgan fingerprint density at radius 1 is 1.40 bits per heavy atom. The third-order valence-corrected chi connectivity index (χ3v) is 3.38. The van der Waals surface area contributed by atoms with Gasteiger partial charge in [-0.15, -0.1) is 0 Å². The lowest BCUT2D eigenvalue weighted by Gasteiger charge is -2.19. The van der Waals surface area contributed by atoms with Gasteiger partial charge in [0.1, 0.15) is 0 Å². The Morgan fingerprint density at radius 2 is 2.13 bits per heavy atom. The van der Waals surface area contributed by atoms with Crippen molar-refractivity contribution in [2.24, 2.45) is 0 Å². The average molecular weight is 272 g/mol. The minimum Gasteiger partial charge on any atom is -0.395 e. The first-order valence-corrected chi connectivity index (χ1v) is 6.05. The molecule has 1 N–H and O–H groups in total. The summed E-state index contributed by atoms with van der Waals surface area (Å²) in [4.78, 5) is 2.22. The second kappa shape index (κ2) is 6.26. The molecule has 2 nitrogen and oxygen atoms in total. The van der Waals surface area contributed by atoms with Gasteiger partial charge in [0.15, 0.2) is 0 Å². The van der Waals surface area contributed by atoms with E-state index in [2.05, 4.69) is 52.9 Å². The number of benzene rings is 1. The van der Waals surface area contributed by atoms with Gasteiger partial charge < -0.3 is 5.11 Å². The van der Waals surface area contributed by atoms with E-state index in [0.717, 1.165) is 24.1 Å². The van der Waals surface area contributed by atoms with Gasteiger partial charge in [-0.2, -0.15) is 0 Å². The van der Waals surface area contributed by atoms with Crippen molar-refractivity contribution in [1.82, 2.24) is 4.90 Å². The smallest absolute Gasteiger partial charge is 0.0558 e. The highest BCUT2D eigenvalue weighted by molar-refractivity contribution is 9.10. The summed E-state index contributed by atoms with van der Waals surface area (Å²) in [5.74, 6) is 0. The minimum atomic E-state index is 0.226. The van der Waals surface area contributed by atoms with E-state index < -0.39 is 0 Å². The average Bonchev–Trinajstić information content (AvgIpc) is 2.23. The van der Waals surface area contributed by atoms with E-state index in [1.54, 1.807) is 0 Å². The van der Waals surface area contributed by atoms with Gasteiger partial charge in [0.25, 0.3) is 0 Å². The van der Waals surface area contributed by atoms with Crippen LogP contribution in [-0.2, 0) is 6.54 Å². The van der Waals surface area contributed by atoms with Crippen molar-refractivity contribution < 1.29 is 5.11 Å². The molecule has 0 fully saturated rings. The molecule has 0 aliphatic heterocycles. The zero-order chi connectivity index (χ0) is 11.3. The van der Waals surface area contributed by atoms with Crippen molar-refractivity contribution in [1.29, 1.82) is 0 Å². The van der Waals surface area contributed by atoms with Gasteiger partial charge in [-0.3, -0.25) is 4.90 Å². The van der Waals surface area contributed by atoms with Crippen LogP contribution < -0.4 is 0 Å². The lowest BCUT2D eigenvalue weighted by molar-refractivity contribution is 0.197. The highest BCUT2D eigenvalue weighted by Gasteiger charge is 2.03. The van der Waals surface area contributed by atoms with Gasteiger partial charge in [0.05, 0.1) is 6.61 Å². The van der Waals surface area contributed by atoms with Crippen LogP contribution >= 0.6 is 15.9 Å². The third kappa shape index (κ3) is 3.93. The lowest BCUT2D eigenvalue weighted by atomic mass is 10.1. The number of halogens is 1. The summed E-state index contributed by atoms with van der Waals surface area (Å²) in [6.07, 6.45) is 0. The molecular formula is C12H18BrNO. The fourth-order valence-electron chi connectivity index (χ4n) is 1.55. The van der Waals surface area contributed by atoms with E-state index in [-0.39, 0.29) is 6.61 Å². The van der Waals surface area contributed by atoms with Gasteiger partial charge in [-0.05, 0) is 30.7 Å². The second-order valence-corrected chi connectivity index (χ2v) is 4.53. The number of nitrogens with zero attached hydrogens (tertiary/aromatic N) is 1. The van der Waals surface area contributed by atoms with Gasteiger partial charge >= 0.3 is 0 Å². The maximum absolute atomic E-state index is 8.90. The fraction of sp³-hybridized carbons (Fsp3) is 0.500. The Morgan fingerprint density at radius 3 is 2.67 bits per heavy atom. The summed E-state index contributed by atoms with van der Waals surface area (Å²) in [7, 11) is 0. The van der Waals surface area contributed by atoms with E-state index in [0.29, 0.717) is 0 Å². The molecule has 15 heavy (non-hydrogen) atoms. The lowest BCUT2D eigenvalue weighted by Crippen LogP contribution is -2.26. The van der Waals surface area contributed by atoms with Crippen molar-refractivity contribution in [2.45, 2.75) is 20.4 Å². The molecule has 1 rings (SSSR count). The van der Waals surface area contributed by atoms with E-state index in [1.807, 2.05) is 0 Å². The largest absolute Gasteiger partial charge is 0.395 e. The summed E-state index contributed by atoms with van der Waals surface area (Å²) in [6.45, 7) is 7.05. The predicted octanol–water partition coefficient (Wildman–Crippen LogP) is 2.57. The molecule has 0 amide bonds. The number of rotatable bonds is 5. The van der Waals surface area contributed by atoms with Crippen LogP contribution in [0.3, 0.4) is 0 Å². The predicted molar refractivity (Wildman–Crippen MR) is 66.9 cm³/mol. The molecule has 0 radical (unpaired) electrons. The first-order chi connectivity index (χ1) is 7.17. The van der Waals surface area contributed by atoms with Gasteiger partial charge in [0, 0.05) is 17.6 Å². The number of hydrogen-bond donors (Lipinski definition) is 1. The standard InChI is InChI=1S/C12H18BrNO/c1-3-14(6-7-15)9-11-4-5-12(13)10(2)8-11/h4-5,8,15H,3,6-7,9H2,1-2H3. The van der Waals surface area contributed by atoms with E-state index in [9.17, 15) is 0 Å². The zero-order valence-electron chi connectivity index (χ0n) is 9.33. The van der Waals surface area contributed by atoms with Gasteiger partial charge in [-0.1, -0.05) is 35.0 Å². The van der Waals surface area contributed by atoms with Crippen LogP contribution in [0.25, 0.3) is 0 Å². The molecule has 0 bridgehead atoms. The molecule has 0 spiro atoms. The van der Waals surface area contributed by atoms with Crippen LogP contribution in [0.4, 0.5) is 0 Å². The molecule has 3 heteroatoms. The summed E-state index contributed by atoms with van der Waals surface area (Å²) in [5.41, 5.74) is 2.55. The van der Waals surface area contributed by atoms with Gasteiger partial charge in [-0.25, -0.2) is 0 Å². The van der Waals surface area contributed by atoms with Crippen LogP contribution in [0.2, 0.25) is 0 Å². The molecule has 0 heterocycles. The molecule has 0 aliphatic carbocycles. The Hall–Kier alpha value is -0.380. The summed E-state index contributed by atoms with van der Waals surface area (Å²) >= 11 is 3.49. The number of aryl methyl sites for hydroxylation is 1. The van der Waals surface area contributed by atoms with Crippen molar-refractivity contribution >= 4 is 15.9 Å². The van der Waals surface area contributed by atoms with Crippen molar-refractivity contribution in [3.05, 3.63) is 33.8 Å². The highest BCUT2D eigenvalue weighted by atomic mass is 79.9. The highest BCUT2D eigenvalue weighted by Crippen LogP contribution is 2.17. The number of aliphatic hydroxyl groups is 1. The molecule has 0 unspecified atom stereocenters. The van der Waals surface area contributed by atoms with Gasteiger partial charge in [0.2, 0.25) is 0 Å². The number of hydrogen-bond acceptors (Lipinski definition) is 2. The summed E-state index contributed by atoms with van der Waals surface area (Å²) in [5, 5.41) is 8.90. The molecule has 1 aromatic carbocycles. The molecule has 0 saturated carbocycles. The number of aliphatic hydroxyl groups excluding tert-OH is 1. The summed E-state index contributed by atoms with van der Waals surface area (Å²) < 4.78 is 1.15. The van der Waals surface area contributed by atoms with Crippen molar-refractivity contribution in [3.8, 4) is 0 Å². The van der Waals surface area contributed by atoms with E-state index in [1.165, 1.54) is 11.1 Å².